The molecule has 1 atom stereocenters. The van der Waals surface area contributed by atoms with Crippen molar-refractivity contribution >= 4 is 17.8 Å². The van der Waals surface area contributed by atoms with Crippen LogP contribution < -0.4 is 10.6 Å². The number of likely N-dealkylation sites (tertiary alicyclic amines) is 1. The SMILES string of the molecule is CCN(Cc1ccccc1)C(=O)CNC(=NC)NC1CCN(C(=O)C(C)C)C1. The van der Waals surface area contributed by atoms with Crippen LogP contribution in [0.2, 0.25) is 0 Å². The van der Waals surface area contributed by atoms with Crippen LogP contribution in [0.5, 0.6) is 0 Å². The van der Waals surface area contributed by atoms with Gasteiger partial charge in [-0.25, -0.2) is 0 Å². The Kier molecular flexibility index (Phi) is 8.29. The molecule has 0 spiro atoms. The molecule has 7 heteroatoms. The number of carbonyl (C=O) groups excluding carboxylic acids is 2. The lowest BCUT2D eigenvalue weighted by atomic mass is 10.2. The molecule has 1 aliphatic heterocycles. The van der Waals surface area contributed by atoms with Crippen LogP contribution in [0.1, 0.15) is 32.8 Å². The summed E-state index contributed by atoms with van der Waals surface area (Å²) in [5, 5.41) is 6.43. The zero-order valence-corrected chi connectivity index (χ0v) is 17.4. The minimum atomic E-state index is 0.0125. The summed E-state index contributed by atoms with van der Waals surface area (Å²) in [5.74, 6) is 0.811. The molecule has 1 unspecified atom stereocenters. The van der Waals surface area contributed by atoms with Gasteiger partial charge in [-0.2, -0.15) is 0 Å². The van der Waals surface area contributed by atoms with E-state index < -0.39 is 0 Å². The molecule has 1 fully saturated rings. The number of likely N-dealkylation sites (N-methyl/N-ethyl adjacent to an activating group) is 1. The molecule has 1 aromatic carbocycles. The number of nitrogens with one attached hydrogen (secondary N) is 2. The molecule has 28 heavy (non-hydrogen) atoms. The van der Waals surface area contributed by atoms with Crippen LogP contribution in [-0.4, -0.2) is 66.8 Å². The maximum Gasteiger partial charge on any atom is 0.242 e. The van der Waals surface area contributed by atoms with E-state index in [9.17, 15) is 9.59 Å². The van der Waals surface area contributed by atoms with Gasteiger partial charge in [0.25, 0.3) is 0 Å². The molecule has 0 saturated carbocycles. The van der Waals surface area contributed by atoms with E-state index in [4.69, 9.17) is 0 Å². The highest BCUT2D eigenvalue weighted by atomic mass is 16.2. The topological polar surface area (TPSA) is 77.0 Å². The summed E-state index contributed by atoms with van der Waals surface area (Å²) in [4.78, 5) is 32.6. The Morgan fingerprint density at radius 1 is 1.29 bits per heavy atom. The minimum Gasteiger partial charge on any atom is -0.352 e. The molecular weight excluding hydrogens is 354 g/mol. The number of benzene rings is 1. The Balaban J connectivity index is 1.81. The Morgan fingerprint density at radius 2 is 2.00 bits per heavy atom. The monoisotopic (exact) mass is 387 g/mol. The zero-order valence-electron chi connectivity index (χ0n) is 17.4. The Labute approximate surface area is 168 Å². The summed E-state index contributed by atoms with van der Waals surface area (Å²) < 4.78 is 0. The van der Waals surface area contributed by atoms with Gasteiger partial charge in [-0.05, 0) is 18.9 Å². The zero-order chi connectivity index (χ0) is 20.5. The molecule has 1 aliphatic rings. The summed E-state index contributed by atoms with van der Waals surface area (Å²) in [7, 11) is 1.69. The number of guanidine groups is 1. The van der Waals surface area contributed by atoms with Crippen LogP contribution in [0.3, 0.4) is 0 Å². The van der Waals surface area contributed by atoms with Gasteiger partial charge in [-0.3, -0.25) is 14.6 Å². The number of carbonyl (C=O) groups is 2. The lowest BCUT2D eigenvalue weighted by Crippen LogP contribution is -2.48. The van der Waals surface area contributed by atoms with Crippen molar-refractivity contribution in [1.82, 2.24) is 20.4 Å². The van der Waals surface area contributed by atoms with E-state index in [2.05, 4.69) is 15.6 Å². The van der Waals surface area contributed by atoms with Gasteiger partial charge in [0.15, 0.2) is 5.96 Å². The molecule has 2 rings (SSSR count). The van der Waals surface area contributed by atoms with Gasteiger partial charge in [-0.15, -0.1) is 0 Å². The van der Waals surface area contributed by atoms with Crippen molar-refractivity contribution in [2.75, 3.05) is 33.2 Å². The lowest BCUT2D eigenvalue weighted by Gasteiger charge is -2.23. The first-order chi connectivity index (χ1) is 13.4. The van der Waals surface area contributed by atoms with E-state index >= 15 is 0 Å². The number of rotatable bonds is 7. The van der Waals surface area contributed by atoms with E-state index in [1.165, 1.54) is 0 Å². The van der Waals surface area contributed by atoms with Crippen LogP contribution in [0.15, 0.2) is 35.3 Å². The summed E-state index contributed by atoms with van der Waals surface area (Å²) in [6, 6.07) is 10.1. The molecule has 1 saturated heterocycles. The molecule has 1 heterocycles. The largest absolute Gasteiger partial charge is 0.352 e. The van der Waals surface area contributed by atoms with Crippen molar-refractivity contribution in [1.29, 1.82) is 0 Å². The average molecular weight is 388 g/mol. The van der Waals surface area contributed by atoms with Crippen LogP contribution in [0.25, 0.3) is 0 Å². The molecule has 0 radical (unpaired) electrons. The second-order valence-corrected chi connectivity index (χ2v) is 7.39. The molecule has 154 valence electrons. The van der Waals surface area contributed by atoms with E-state index in [-0.39, 0.29) is 30.3 Å². The van der Waals surface area contributed by atoms with Crippen LogP contribution >= 0.6 is 0 Å². The van der Waals surface area contributed by atoms with Gasteiger partial charge >= 0.3 is 0 Å². The first-order valence-corrected chi connectivity index (χ1v) is 10.0. The minimum absolute atomic E-state index is 0.0125. The van der Waals surface area contributed by atoms with E-state index in [0.29, 0.717) is 25.6 Å². The quantitative estimate of drug-likeness (QED) is 0.549. The highest BCUT2D eigenvalue weighted by molar-refractivity contribution is 5.86. The standard InChI is InChI=1S/C21H33N5O2/c1-5-25(14-17-9-7-6-8-10-17)19(27)13-23-21(22-4)24-18-11-12-26(15-18)20(28)16(2)3/h6-10,16,18H,5,11-15H2,1-4H3,(H2,22,23,24). The fraction of sp³-hybridized carbons (Fsp3) is 0.571. The molecule has 2 amide bonds. The van der Waals surface area contributed by atoms with Crippen LogP contribution in [-0.2, 0) is 16.1 Å². The van der Waals surface area contributed by atoms with E-state index in [0.717, 1.165) is 18.5 Å². The predicted octanol–water partition coefficient (Wildman–Crippen LogP) is 1.46. The lowest BCUT2D eigenvalue weighted by molar-refractivity contribution is -0.133. The van der Waals surface area contributed by atoms with Gasteiger partial charge < -0.3 is 20.4 Å². The van der Waals surface area contributed by atoms with Gasteiger partial charge in [-0.1, -0.05) is 44.2 Å². The van der Waals surface area contributed by atoms with Crippen molar-refractivity contribution in [3.8, 4) is 0 Å². The number of aliphatic imine (C=N–C) groups is 1. The Morgan fingerprint density at radius 3 is 2.61 bits per heavy atom. The van der Waals surface area contributed by atoms with Crippen molar-refractivity contribution < 1.29 is 9.59 Å². The maximum absolute atomic E-state index is 12.6. The molecule has 1 aromatic rings. The van der Waals surface area contributed by atoms with Crippen LogP contribution in [0.4, 0.5) is 0 Å². The third kappa shape index (κ3) is 6.25. The van der Waals surface area contributed by atoms with Gasteiger partial charge in [0, 0.05) is 45.2 Å². The first-order valence-electron chi connectivity index (χ1n) is 10.0. The summed E-state index contributed by atoms with van der Waals surface area (Å²) in [6.45, 7) is 8.67. The third-order valence-corrected chi connectivity index (χ3v) is 4.92. The number of hydrogen-bond acceptors (Lipinski definition) is 3. The highest BCUT2D eigenvalue weighted by Gasteiger charge is 2.28. The fourth-order valence-corrected chi connectivity index (χ4v) is 3.28. The van der Waals surface area contributed by atoms with Gasteiger partial charge in [0.1, 0.15) is 0 Å². The van der Waals surface area contributed by atoms with Gasteiger partial charge in [0.2, 0.25) is 11.8 Å². The molecule has 0 aromatic heterocycles. The molecule has 7 nitrogen and oxygen atoms in total. The third-order valence-electron chi connectivity index (χ3n) is 4.92. The van der Waals surface area contributed by atoms with Crippen molar-refractivity contribution in [2.45, 2.75) is 39.8 Å². The first kappa shape index (κ1) is 21.7. The highest BCUT2D eigenvalue weighted by Crippen LogP contribution is 2.12. The maximum atomic E-state index is 12.6. The second-order valence-electron chi connectivity index (χ2n) is 7.39. The molecule has 2 N–H and O–H groups in total. The average Bonchev–Trinajstić information content (AvgIpc) is 3.17. The van der Waals surface area contributed by atoms with Crippen LogP contribution in [0, 0.1) is 5.92 Å². The molecule has 0 bridgehead atoms. The normalized spacial score (nSPS) is 17.0. The number of nitrogens with zero attached hydrogens (tertiary/aromatic N) is 3. The van der Waals surface area contributed by atoms with Gasteiger partial charge in [0.05, 0.1) is 6.54 Å². The Hall–Kier alpha value is -2.57. The molecule has 0 aliphatic carbocycles. The number of hydrogen-bond donors (Lipinski definition) is 2. The summed E-state index contributed by atoms with van der Waals surface area (Å²) in [5.41, 5.74) is 1.11. The number of amides is 2. The fourth-order valence-electron chi connectivity index (χ4n) is 3.28. The van der Waals surface area contributed by atoms with Crippen molar-refractivity contribution in [3.63, 3.8) is 0 Å². The second kappa shape index (κ2) is 10.7. The van der Waals surface area contributed by atoms with E-state index in [1.54, 1.807) is 7.05 Å². The summed E-state index contributed by atoms with van der Waals surface area (Å²) in [6.07, 6.45) is 0.877. The van der Waals surface area contributed by atoms with E-state index in [1.807, 2.05) is 60.9 Å². The van der Waals surface area contributed by atoms with Crippen molar-refractivity contribution in [3.05, 3.63) is 35.9 Å². The predicted molar refractivity (Wildman–Crippen MR) is 112 cm³/mol. The Bertz CT molecular complexity index is 675. The smallest absolute Gasteiger partial charge is 0.242 e. The summed E-state index contributed by atoms with van der Waals surface area (Å²) >= 11 is 0. The molecular formula is C21H33N5O2. The van der Waals surface area contributed by atoms with Crippen molar-refractivity contribution in [2.24, 2.45) is 10.9 Å².